The van der Waals surface area contributed by atoms with Crippen LogP contribution in [0, 0.1) is 13.8 Å². The minimum Gasteiger partial charge on any atom is -0.336 e. The van der Waals surface area contributed by atoms with Crippen LogP contribution >= 0.6 is 11.3 Å². The van der Waals surface area contributed by atoms with Crippen LogP contribution in [-0.2, 0) is 0 Å². The quantitative estimate of drug-likeness (QED) is 0.792. The molecule has 14 heavy (non-hydrogen) atoms. The summed E-state index contributed by atoms with van der Waals surface area (Å²) in [6.45, 7) is 7.74. The molecule has 0 saturated carbocycles. The number of thiazole rings is 1. The molecule has 0 spiro atoms. The average molecular weight is 213 g/mol. The third-order valence-corrected chi connectivity index (χ3v) is 2.66. The summed E-state index contributed by atoms with van der Waals surface area (Å²) >= 11 is 1.49. The first kappa shape index (κ1) is 11.0. The second-order valence-corrected chi connectivity index (χ2v) is 4.62. The lowest BCUT2D eigenvalue weighted by atomic mass is 10.4. The maximum absolute atomic E-state index is 11.3. The molecule has 1 heterocycles. The maximum Gasteiger partial charge on any atom is 0.321 e. The van der Waals surface area contributed by atoms with Crippen molar-refractivity contribution in [2.75, 3.05) is 5.32 Å². The number of carbonyl (C=O) groups is 1. The Morgan fingerprint density at radius 1 is 1.43 bits per heavy atom. The van der Waals surface area contributed by atoms with Gasteiger partial charge in [0.05, 0.1) is 5.69 Å². The number of aromatic nitrogens is 1. The summed E-state index contributed by atoms with van der Waals surface area (Å²) in [4.78, 5) is 16.6. The molecule has 78 valence electrons. The summed E-state index contributed by atoms with van der Waals surface area (Å²) in [5.41, 5.74) is 0.967. The second-order valence-electron chi connectivity index (χ2n) is 3.41. The van der Waals surface area contributed by atoms with Gasteiger partial charge < -0.3 is 5.32 Å². The molecule has 0 aliphatic rings. The van der Waals surface area contributed by atoms with E-state index in [-0.39, 0.29) is 12.1 Å². The zero-order chi connectivity index (χ0) is 10.7. The van der Waals surface area contributed by atoms with E-state index in [2.05, 4.69) is 15.6 Å². The Kier molecular flexibility index (Phi) is 3.46. The standard InChI is InChI=1S/C9H15N3OS/c1-5(2)10-8(13)12-9-11-6(3)7(4)14-9/h5H,1-4H3,(H2,10,11,12,13). The van der Waals surface area contributed by atoms with Crippen LogP contribution in [0.5, 0.6) is 0 Å². The van der Waals surface area contributed by atoms with Gasteiger partial charge in [-0.2, -0.15) is 0 Å². The van der Waals surface area contributed by atoms with Crippen LogP contribution in [0.1, 0.15) is 24.4 Å². The Morgan fingerprint density at radius 2 is 2.07 bits per heavy atom. The molecule has 0 radical (unpaired) electrons. The number of rotatable bonds is 2. The molecule has 2 amide bonds. The SMILES string of the molecule is Cc1nc(NC(=O)NC(C)C)sc1C. The normalized spacial score (nSPS) is 10.4. The molecule has 4 nitrogen and oxygen atoms in total. The largest absolute Gasteiger partial charge is 0.336 e. The van der Waals surface area contributed by atoms with Crippen LogP contribution in [0.4, 0.5) is 9.93 Å². The Hall–Kier alpha value is -1.10. The molecule has 0 atom stereocenters. The summed E-state index contributed by atoms with van der Waals surface area (Å²) < 4.78 is 0. The monoisotopic (exact) mass is 213 g/mol. The predicted molar refractivity (Wildman–Crippen MR) is 58.9 cm³/mol. The van der Waals surface area contributed by atoms with Crippen molar-refractivity contribution in [1.29, 1.82) is 0 Å². The molecule has 1 aromatic rings. The van der Waals surface area contributed by atoms with Gasteiger partial charge in [0, 0.05) is 10.9 Å². The second kappa shape index (κ2) is 4.41. The molecule has 0 unspecified atom stereocenters. The number of urea groups is 1. The van der Waals surface area contributed by atoms with Gasteiger partial charge in [-0.05, 0) is 27.7 Å². The van der Waals surface area contributed by atoms with Crippen molar-refractivity contribution in [3.8, 4) is 0 Å². The number of nitrogens with zero attached hydrogens (tertiary/aromatic N) is 1. The molecule has 0 aliphatic carbocycles. The minimum atomic E-state index is -0.200. The Bertz CT molecular complexity index is 313. The van der Waals surface area contributed by atoms with Crippen molar-refractivity contribution in [1.82, 2.24) is 10.3 Å². The third kappa shape index (κ3) is 2.99. The first-order valence-electron chi connectivity index (χ1n) is 4.50. The Balaban J connectivity index is 2.56. The molecule has 0 bridgehead atoms. The first-order valence-corrected chi connectivity index (χ1v) is 5.32. The van der Waals surface area contributed by atoms with Gasteiger partial charge in [0.15, 0.2) is 5.13 Å². The summed E-state index contributed by atoms with van der Waals surface area (Å²) in [6.07, 6.45) is 0. The number of anilines is 1. The van der Waals surface area contributed by atoms with Gasteiger partial charge in [-0.25, -0.2) is 9.78 Å². The van der Waals surface area contributed by atoms with E-state index >= 15 is 0 Å². The van der Waals surface area contributed by atoms with Crippen LogP contribution in [0.2, 0.25) is 0 Å². The highest BCUT2D eigenvalue weighted by molar-refractivity contribution is 7.15. The van der Waals surface area contributed by atoms with Crippen molar-refractivity contribution < 1.29 is 4.79 Å². The van der Waals surface area contributed by atoms with E-state index in [9.17, 15) is 4.79 Å². The van der Waals surface area contributed by atoms with Crippen molar-refractivity contribution in [2.45, 2.75) is 33.7 Å². The van der Waals surface area contributed by atoms with Crippen LogP contribution in [-0.4, -0.2) is 17.1 Å². The van der Waals surface area contributed by atoms with Gasteiger partial charge in [0.2, 0.25) is 0 Å². The lowest BCUT2D eigenvalue weighted by molar-refractivity contribution is 0.250. The fourth-order valence-electron chi connectivity index (χ4n) is 0.922. The number of carbonyl (C=O) groups excluding carboxylic acids is 1. The minimum absolute atomic E-state index is 0.136. The van der Waals surface area contributed by atoms with Gasteiger partial charge in [-0.1, -0.05) is 0 Å². The fraction of sp³-hybridized carbons (Fsp3) is 0.556. The van der Waals surface area contributed by atoms with Crippen LogP contribution in [0.3, 0.4) is 0 Å². The lowest BCUT2D eigenvalue weighted by Gasteiger charge is -2.07. The van der Waals surface area contributed by atoms with E-state index < -0.39 is 0 Å². The molecule has 0 fully saturated rings. The number of hydrogen-bond acceptors (Lipinski definition) is 3. The summed E-state index contributed by atoms with van der Waals surface area (Å²) in [5, 5.41) is 6.08. The Morgan fingerprint density at radius 3 is 2.50 bits per heavy atom. The zero-order valence-corrected chi connectivity index (χ0v) is 9.66. The summed E-state index contributed by atoms with van der Waals surface area (Å²) in [7, 11) is 0. The smallest absolute Gasteiger partial charge is 0.321 e. The number of aryl methyl sites for hydroxylation is 2. The van der Waals surface area contributed by atoms with Gasteiger partial charge in [0.1, 0.15) is 0 Å². The molecule has 0 saturated heterocycles. The summed E-state index contributed by atoms with van der Waals surface area (Å²) in [6, 6.07) is -0.0640. The van der Waals surface area contributed by atoms with Crippen molar-refractivity contribution in [3.63, 3.8) is 0 Å². The highest BCUT2D eigenvalue weighted by atomic mass is 32.1. The van der Waals surface area contributed by atoms with Crippen molar-refractivity contribution in [2.24, 2.45) is 0 Å². The zero-order valence-electron chi connectivity index (χ0n) is 8.84. The molecule has 0 aromatic carbocycles. The van der Waals surface area contributed by atoms with E-state index in [0.29, 0.717) is 5.13 Å². The number of amides is 2. The van der Waals surface area contributed by atoms with E-state index in [1.807, 2.05) is 27.7 Å². The molecular formula is C9H15N3OS. The maximum atomic E-state index is 11.3. The van der Waals surface area contributed by atoms with Crippen molar-refractivity contribution in [3.05, 3.63) is 10.6 Å². The topological polar surface area (TPSA) is 54.0 Å². The van der Waals surface area contributed by atoms with E-state index in [1.54, 1.807) is 0 Å². The fourth-order valence-corrected chi connectivity index (χ4v) is 1.73. The van der Waals surface area contributed by atoms with E-state index in [1.165, 1.54) is 11.3 Å². The molecule has 0 aliphatic heterocycles. The van der Waals surface area contributed by atoms with E-state index in [4.69, 9.17) is 0 Å². The van der Waals surface area contributed by atoms with Gasteiger partial charge in [-0.3, -0.25) is 5.32 Å². The number of hydrogen-bond donors (Lipinski definition) is 2. The highest BCUT2D eigenvalue weighted by Crippen LogP contribution is 2.20. The van der Waals surface area contributed by atoms with Crippen LogP contribution < -0.4 is 10.6 Å². The average Bonchev–Trinajstić information content (AvgIpc) is 2.28. The lowest BCUT2D eigenvalue weighted by Crippen LogP contribution is -2.34. The van der Waals surface area contributed by atoms with Crippen LogP contribution in [0.25, 0.3) is 0 Å². The molecule has 2 N–H and O–H groups in total. The molecule has 1 rings (SSSR count). The van der Waals surface area contributed by atoms with Gasteiger partial charge >= 0.3 is 6.03 Å². The summed E-state index contributed by atoms with van der Waals surface area (Å²) in [5.74, 6) is 0. The third-order valence-electron chi connectivity index (χ3n) is 1.67. The Labute approximate surface area is 87.7 Å². The highest BCUT2D eigenvalue weighted by Gasteiger charge is 2.07. The molecule has 1 aromatic heterocycles. The molecule has 5 heteroatoms. The van der Waals surface area contributed by atoms with Crippen molar-refractivity contribution >= 4 is 22.5 Å². The number of nitrogens with one attached hydrogen (secondary N) is 2. The molecular weight excluding hydrogens is 198 g/mol. The van der Waals surface area contributed by atoms with Gasteiger partial charge in [0.25, 0.3) is 0 Å². The van der Waals surface area contributed by atoms with E-state index in [0.717, 1.165) is 10.6 Å². The predicted octanol–water partition coefficient (Wildman–Crippen LogP) is 2.29. The first-order chi connectivity index (χ1) is 6.49. The van der Waals surface area contributed by atoms with Gasteiger partial charge in [-0.15, -0.1) is 11.3 Å². The van der Waals surface area contributed by atoms with Crippen LogP contribution in [0.15, 0.2) is 0 Å².